The van der Waals surface area contributed by atoms with E-state index in [1.807, 2.05) is 13.8 Å². The van der Waals surface area contributed by atoms with E-state index in [4.69, 9.17) is 0 Å². The predicted molar refractivity (Wildman–Crippen MR) is 65.8 cm³/mol. The normalized spacial score (nSPS) is 10.6. The van der Waals surface area contributed by atoms with Crippen molar-refractivity contribution in [1.82, 2.24) is 20.0 Å². The van der Waals surface area contributed by atoms with Gasteiger partial charge in [0.1, 0.15) is 5.69 Å². The van der Waals surface area contributed by atoms with Gasteiger partial charge in [-0.15, -0.1) is 5.10 Å². The van der Waals surface area contributed by atoms with Crippen molar-refractivity contribution in [3.63, 3.8) is 0 Å². The molecule has 0 bridgehead atoms. The highest BCUT2D eigenvalue weighted by Gasteiger charge is 2.19. The van der Waals surface area contributed by atoms with Crippen LogP contribution in [-0.2, 0) is 7.05 Å². The van der Waals surface area contributed by atoms with Gasteiger partial charge >= 0.3 is 0 Å². The quantitative estimate of drug-likeness (QED) is 0.793. The molecule has 5 nitrogen and oxygen atoms in total. The Morgan fingerprint density at radius 2 is 1.88 bits per heavy atom. The Bertz CT molecular complexity index is 551. The molecule has 2 heterocycles. The van der Waals surface area contributed by atoms with Crippen molar-refractivity contribution in [2.75, 3.05) is 0 Å². The van der Waals surface area contributed by atoms with Crippen LogP contribution in [-0.4, -0.2) is 25.8 Å². The zero-order valence-electron chi connectivity index (χ0n) is 9.73. The van der Waals surface area contributed by atoms with Gasteiger partial charge in [0.2, 0.25) is 5.78 Å². The molecule has 0 aliphatic rings. The first-order chi connectivity index (χ1) is 7.99. The fourth-order valence-electron chi connectivity index (χ4n) is 1.67. The molecule has 0 aromatic carbocycles. The van der Waals surface area contributed by atoms with Crippen LogP contribution in [0.15, 0.2) is 16.7 Å². The van der Waals surface area contributed by atoms with Crippen molar-refractivity contribution in [1.29, 1.82) is 0 Å². The SMILES string of the molecule is Cc1cc(C(=O)c2c(Br)nnn2C)cc(C)n1. The van der Waals surface area contributed by atoms with Gasteiger partial charge in [-0.3, -0.25) is 9.78 Å². The largest absolute Gasteiger partial charge is 0.287 e. The molecule has 2 rings (SSSR count). The first kappa shape index (κ1) is 11.9. The summed E-state index contributed by atoms with van der Waals surface area (Å²) < 4.78 is 1.91. The van der Waals surface area contributed by atoms with Crippen molar-refractivity contribution >= 4 is 21.7 Å². The van der Waals surface area contributed by atoms with E-state index < -0.39 is 0 Å². The molecule has 0 amide bonds. The van der Waals surface area contributed by atoms with Gasteiger partial charge in [0.25, 0.3) is 0 Å². The summed E-state index contributed by atoms with van der Waals surface area (Å²) in [5, 5.41) is 7.59. The van der Waals surface area contributed by atoms with E-state index in [1.165, 1.54) is 4.68 Å². The van der Waals surface area contributed by atoms with Crippen LogP contribution < -0.4 is 0 Å². The molecule has 0 fully saturated rings. The summed E-state index contributed by atoms with van der Waals surface area (Å²) in [6, 6.07) is 3.52. The van der Waals surface area contributed by atoms with E-state index in [0.29, 0.717) is 15.9 Å². The monoisotopic (exact) mass is 294 g/mol. The number of halogens is 1. The Morgan fingerprint density at radius 3 is 2.35 bits per heavy atom. The van der Waals surface area contributed by atoms with E-state index in [-0.39, 0.29) is 5.78 Å². The van der Waals surface area contributed by atoms with E-state index in [2.05, 4.69) is 31.2 Å². The average Bonchev–Trinajstić information content (AvgIpc) is 2.56. The molecule has 0 aliphatic carbocycles. The zero-order chi connectivity index (χ0) is 12.6. The number of carbonyl (C=O) groups excluding carboxylic acids is 1. The summed E-state index contributed by atoms with van der Waals surface area (Å²) in [4.78, 5) is 16.5. The van der Waals surface area contributed by atoms with Crippen molar-refractivity contribution in [2.24, 2.45) is 7.05 Å². The Morgan fingerprint density at radius 1 is 1.29 bits per heavy atom. The number of carbonyl (C=O) groups is 1. The second kappa shape index (κ2) is 4.37. The van der Waals surface area contributed by atoms with Crippen LogP contribution in [0.4, 0.5) is 0 Å². The van der Waals surface area contributed by atoms with E-state index in [1.54, 1.807) is 19.2 Å². The molecule has 0 spiro atoms. The van der Waals surface area contributed by atoms with Crippen LogP contribution >= 0.6 is 15.9 Å². The zero-order valence-corrected chi connectivity index (χ0v) is 11.3. The molecule has 0 atom stereocenters. The topological polar surface area (TPSA) is 60.7 Å². The lowest BCUT2D eigenvalue weighted by Crippen LogP contribution is -2.10. The predicted octanol–water partition coefficient (Wildman–Crippen LogP) is 1.82. The van der Waals surface area contributed by atoms with E-state index in [9.17, 15) is 4.79 Å². The van der Waals surface area contributed by atoms with E-state index in [0.717, 1.165) is 11.4 Å². The second-order valence-electron chi connectivity index (χ2n) is 3.82. The highest BCUT2D eigenvalue weighted by Crippen LogP contribution is 2.17. The van der Waals surface area contributed by atoms with Gasteiger partial charge in [-0.05, 0) is 41.9 Å². The highest BCUT2D eigenvalue weighted by atomic mass is 79.9. The summed E-state index contributed by atoms with van der Waals surface area (Å²) in [5.41, 5.74) is 2.68. The third kappa shape index (κ3) is 2.26. The maximum Gasteiger partial charge on any atom is 0.214 e. The fraction of sp³-hybridized carbons (Fsp3) is 0.273. The number of nitrogens with zero attached hydrogens (tertiary/aromatic N) is 4. The second-order valence-corrected chi connectivity index (χ2v) is 4.57. The standard InChI is InChI=1S/C11H11BrN4O/c1-6-4-8(5-7(2)13-6)10(17)9-11(12)14-15-16(9)3/h4-5H,1-3H3. The van der Waals surface area contributed by atoms with Gasteiger partial charge in [-0.1, -0.05) is 5.21 Å². The average molecular weight is 295 g/mol. The Labute approximate surface area is 107 Å². The fourth-order valence-corrected chi connectivity index (χ4v) is 2.18. The third-order valence-corrected chi connectivity index (χ3v) is 2.88. The van der Waals surface area contributed by atoms with Crippen LogP contribution in [0, 0.1) is 13.8 Å². The first-order valence-corrected chi connectivity index (χ1v) is 5.83. The van der Waals surface area contributed by atoms with Gasteiger partial charge in [0.05, 0.1) is 0 Å². The Hall–Kier alpha value is -1.56. The van der Waals surface area contributed by atoms with Crippen molar-refractivity contribution in [3.05, 3.63) is 39.4 Å². The molecule has 0 saturated heterocycles. The molecule has 17 heavy (non-hydrogen) atoms. The van der Waals surface area contributed by atoms with Crippen LogP contribution in [0.3, 0.4) is 0 Å². The summed E-state index contributed by atoms with van der Waals surface area (Å²) >= 11 is 3.22. The summed E-state index contributed by atoms with van der Waals surface area (Å²) in [5.74, 6) is -0.113. The molecule has 0 N–H and O–H groups in total. The smallest absolute Gasteiger partial charge is 0.214 e. The summed E-state index contributed by atoms with van der Waals surface area (Å²) in [7, 11) is 1.69. The minimum atomic E-state index is -0.113. The molecular formula is C11H11BrN4O. The third-order valence-electron chi connectivity index (χ3n) is 2.34. The van der Waals surface area contributed by atoms with Crippen LogP contribution in [0.1, 0.15) is 27.4 Å². The molecule has 2 aromatic rings. The minimum Gasteiger partial charge on any atom is -0.287 e. The van der Waals surface area contributed by atoms with Gasteiger partial charge in [0.15, 0.2) is 4.60 Å². The lowest BCUT2D eigenvalue weighted by atomic mass is 10.1. The maximum atomic E-state index is 12.3. The number of hydrogen-bond acceptors (Lipinski definition) is 4. The number of hydrogen-bond donors (Lipinski definition) is 0. The van der Waals surface area contributed by atoms with Crippen molar-refractivity contribution in [2.45, 2.75) is 13.8 Å². The number of aryl methyl sites for hydroxylation is 3. The van der Waals surface area contributed by atoms with Gasteiger partial charge in [-0.25, -0.2) is 4.68 Å². The van der Waals surface area contributed by atoms with Gasteiger partial charge < -0.3 is 0 Å². The number of pyridine rings is 1. The Balaban J connectivity index is 2.51. The number of rotatable bonds is 2. The first-order valence-electron chi connectivity index (χ1n) is 5.04. The lowest BCUT2D eigenvalue weighted by Gasteiger charge is -2.04. The van der Waals surface area contributed by atoms with Crippen LogP contribution in [0.25, 0.3) is 0 Å². The van der Waals surface area contributed by atoms with Crippen LogP contribution in [0.2, 0.25) is 0 Å². The molecule has 0 aliphatic heterocycles. The van der Waals surface area contributed by atoms with E-state index >= 15 is 0 Å². The molecule has 0 radical (unpaired) electrons. The minimum absolute atomic E-state index is 0.113. The maximum absolute atomic E-state index is 12.3. The molecule has 88 valence electrons. The molecule has 0 unspecified atom stereocenters. The lowest BCUT2D eigenvalue weighted by molar-refractivity contribution is 0.102. The number of ketones is 1. The molecule has 0 saturated carbocycles. The van der Waals surface area contributed by atoms with Crippen LogP contribution in [0.5, 0.6) is 0 Å². The highest BCUT2D eigenvalue weighted by molar-refractivity contribution is 9.10. The van der Waals surface area contributed by atoms with Crippen molar-refractivity contribution in [3.8, 4) is 0 Å². The summed E-state index contributed by atoms with van der Waals surface area (Å²) in [6.45, 7) is 3.72. The molecule has 6 heteroatoms. The van der Waals surface area contributed by atoms with Gasteiger partial charge in [0, 0.05) is 24.0 Å². The Kier molecular flexibility index (Phi) is 3.06. The van der Waals surface area contributed by atoms with Crippen molar-refractivity contribution < 1.29 is 4.79 Å². The molecule has 2 aromatic heterocycles. The molecular weight excluding hydrogens is 284 g/mol. The summed E-state index contributed by atoms with van der Waals surface area (Å²) in [6.07, 6.45) is 0. The van der Waals surface area contributed by atoms with Gasteiger partial charge in [-0.2, -0.15) is 0 Å². The number of aromatic nitrogens is 4.